The maximum absolute atomic E-state index is 12.1. The van der Waals surface area contributed by atoms with Gasteiger partial charge in [0.15, 0.2) is 5.78 Å². The van der Waals surface area contributed by atoms with Gasteiger partial charge < -0.3 is 5.32 Å². The predicted octanol–water partition coefficient (Wildman–Crippen LogP) is 4.17. The summed E-state index contributed by atoms with van der Waals surface area (Å²) in [5, 5.41) is 3.03. The van der Waals surface area contributed by atoms with Gasteiger partial charge in [-0.05, 0) is 36.1 Å². The lowest BCUT2D eigenvalue weighted by Crippen LogP contribution is -2.27. The van der Waals surface area contributed by atoms with Crippen LogP contribution in [0.5, 0.6) is 0 Å². The van der Waals surface area contributed by atoms with Gasteiger partial charge in [-0.3, -0.25) is 9.59 Å². The SMILES string of the molecule is O=C(CCC(=O)c1ccc(Cl)s1)NC1CCc2ccccc21. The lowest BCUT2D eigenvalue weighted by molar-refractivity contribution is -0.121. The molecule has 3 rings (SSSR count). The van der Waals surface area contributed by atoms with Gasteiger partial charge >= 0.3 is 0 Å². The number of rotatable bonds is 5. The van der Waals surface area contributed by atoms with E-state index in [0.717, 1.165) is 12.8 Å². The Morgan fingerprint density at radius 1 is 1.18 bits per heavy atom. The van der Waals surface area contributed by atoms with Gasteiger partial charge in [0, 0.05) is 12.8 Å². The first-order valence-corrected chi connectivity index (χ1v) is 8.48. The van der Waals surface area contributed by atoms with Crippen LogP contribution in [0.25, 0.3) is 0 Å². The molecule has 1 heterocycles. The van der Waals surface area contributed by atoms with Crippen molar-refractivity contribution in [2.24, 2.45) is 0 Å². The van der Waals surface area contributed by atoms with Gasteiger partial charge in [0.25, 0.3) is 0 Å². The van der Waals surface area contributed by atoms with E-state index < -0.39 is 0 Å². The lowest BCUT2D eigenvalue weighted by atomic mass is 10.1. The molecule has 1 aromatic heterocycles. The summed E-state index contributed by atoms with van der Waals surface area (Å²) >= 11 is 7.07. The summed E-state index contributed by atoms with van der Waals surface area (Å²) in [6.45, 7) is 0. The number of nitrogens with one attached hydrogen (secondary N) is 1. The minimum atomic E-state index is -0.0716. The third-order valence-corrected chi connectivity index (χ3v) is 5.17. The van der Waals surface area contributed by atoms with Gasteiger partial charge in [0.05, 0.1) is 15.3 Å². The summed E-state index contributed by atoms with van der Waals surface area (Å²) in [4.78, 5) is 24.6. The molecule has 5 heteroatoms. The van der Waals surface area contributed by atoms with Crippen molar-refractivity contribution in [3.8, 4) is 0 Å². The number of carbonyl (C=O) groups is 2. The number of halogens is 1. The van der Waals surface area contributed by atoms with Gasteiger partial charge in [0.2, 0.25) is 5.91 Å². The summed E-state index contributed by atoms with van der Waals surface area (Å²) < 4.78 is 0.593. The number of hydrogen-bond acceptors (Lipinski definition) is 3. The number of ketones is 1. The zero-order valence-corrected chi connectivity index (χ0v) is 13.5. The molecule has 0 saturated heterocycles. The zero-order valence-electron chi connectivity index (χ0n) is 12.0. The number of aryl methyl sites for hydroxylation is 1. The molecule has 0 saturated carbocycles. The fraction of sp³-hybridized carbons (Fsp3) is 0.294. The van der Waals surface area contributed by atoms with Crippen LogP contribution >= 0.6 is 22.9 Å². The second-order valence-corrected chi connectivity index (χ2v) is 7.10. The van der Waals surface area contributed by atoms with Gasteiger partial charge in [-0.1, -0.05) is 35.9 Å². The molecule has 1 unspecified atom stereocenters. The highest BCUT2D eigenvalue weighted by Gasteiger charge is 2.23. The number of hydrogen-bond donors (Lipinski definition) is 1. The minimum absolute atomic E-state index is 0.0288. The van der Waals surface area contributed by atoms with Crippen LogP contribution < -0.4 is 5.32 Å². The Morgan fingerprint density at radius 2 is 2.00 bits per heavy atom. The van der Waals surface area contributed by atoms with Crippen LogP contribution in [0, 0.1) is 0 Å². The third-order valence-electron chi connectivity index (χ3n) is 3.90. The molecule has 1 N–H and O–H groups in total. The van der Waals surface area contributed by atoms with Crippen molar-refractivity contribution in [1.29, 1.82) is 0 Å². The average molecular weight is 334 g/mol. The van der Waals surface area contributed by atoms with Crippen molar-refractivity contribution >= 4 is 34.6 Å². The molecule has 1 amide bonds. The van der Waals surface area contributed by atoms with E-state index in [9.17, 15) is 9.59 Å². The monoisotopic (exact) mass is 333 g/mol. The highest BCUT2D eigenvalue weighted by molar-refractivity contribution is 7.18. The topological polar surface area (TPSA) is 46.2 Å². The van der Waals surface area contributed by atoms with E-state index in [1.165, 1.54) is 22.5 Å². The number of benzene rings is 1. The molecule has 0 spiro atoms. The van der Waals surface area contributed by atoms with E-state index in [4.69, 9.17) is 11.6 Å². The average Bonchev–Trinajstić information content (AvgIpc) is 3.12. The van der Waals surface area contributed by atoms with Crippen LogP contribution in [0.1, 0.15) is 46.1 Å². The van der Waals surface area contributed by atoms with E-state index in [2.05, 4.69) is 17.4 Å². The molecule has 3 nitrogen and oxygen atoms in total. The second kappa shape index (κ2) is 6.63. The largest absolute Gasteiger partial charge is 0.349 e. The molecule has 22 heavy (non-hydrogen) atoms. The standard InChI is InChI=1S/C17H16ClNO2S/c18-16-9-8-15(22-16)14(20)7-10-17(21)19-13-6-5-11-3-1-2-4-12(11)13/h1-4,8-9,13H,5-7,10H2,(H,19,21). The Labute approximate surface area is 138 Å². The molecule has 114 valence electrons. The smallest absolute Gasteiger partial charge is 0.220 e. The summed E-state index contributed by atoms with van der Waals surface area (Å²) in [6.07, 6.45) is 2.36. The number of carbonyl (C=O) groups excluding carboxylic acids is 2. The van der Waals surface area contributed by atoms with Crippen LogP contribution in [0.4, 0.5) is 0 Å². The number of amides is 1. The van der Waals surface area contributed by atoms with E-state index in [1.807, 2.05) is 12.1 Å². The summed E-state index contributed by atoms with van der Waals surface area (Å²) in [6, 6.07) is 11.7. The quantitative estimate of drug-likeness (QED) is 0.835. The molecule has 0 radical (unpaired) electrons. The van der Waals surface area contributed by atoms with Crippen LogP contribution in [0.2, 0.25) is 4.34 Å². The van der Waals surface area contributed by atoms with Crippen LogP contribution in [-0.4, -0.2) is 11.7 Å². The van der Waals surface area contributed by atoms with Gasteiger partial charge in [-0.25, -0.2) is 0 Å². The molecule has 2 aromatic rings. The Kier molecular flexibility index (Phi) is 4.60. The molecule has 1 aliphatic rings. The lowest BCUT2D eigenvalue weighted by Gasteiger charge is -2.13. The zero-order chi connectivity index (χ0) is 15.5. The normalized spacial score (nSPS) is 16.3. The molecule has 1 atom stereocenters. The third kappa shape index (κ3) is 3.39. The van der Waals surface area contributed by atoms with Crippen molar-refractivity contribution in [1.82, 2.24) is 5.32 Å². The molecule has 0 aliphatic heterocycles. The van der Waals surface area contributed by atoms with Crippen molar-refractivity contribution in [3.05, 3.63) is 56.7 Å². The van der Waals surface area contributed by atoms with E-state index in [-0.39, 0.29) is 30.6 Å². The van der Waals surface area contributed by atoms with Crippen molar-refractivity contribution in [3.63, 3.8) is 0 Å². The van der Waals surface area contributed by atoms with Crippen LogP contribution in [0.3, 0.4) is 0 Å². The molecule has 1 aliphatic carbocycles. The summed E-state index contributed by atoms with van der Waals surface area (Å²) in [7, 11) is 0. The van der Waals surface area contributed by atoms with E-state index in [1.54, 1.807) is 12.1 Å². The first kappa shape index (κ1) is 15.3. The van der Waals surface area contributed by atoms with E-state index in [0.29, 0.717) is 9.21 Å². The Morgan fingerprint density at radius 3 is 2.77 bits per heavy atom. The molecule has 0 fully saturated rings. The van der Waals surface area contributed by atoms with Crippen LogP contribution in [-0.2, 0) is 11.2 Å². The van der Waals surface area contributed by atoms with Crippen molar-refractivity contribution in [2.45, 2.75) is 31.7 Å². The predicted molar refractivity (Wildman–Crippen MR) is 88.5 cm³/mol. The molecular weight excluding hydrogens is 318 g/mol. The Hall–Kier alpha value is -1.65. The van der Waals surface area contributed by atoms with E-state index >= 15 is 0 Å². The summed E-state index contributed by atoms with van der Waals surface area (Å²) in [5.41, 5.74) is 2.50. The van der Waals surface area contributed by atoms with Gasteiger partial charge in [0.1, 0.15) is 0 Å². The maximum Gasteiger partial charge on any atom is 0.220 e. The number of fused-ring (bicyclic) bond motifs is 1. The maximum atomic E-state index is 12.1. The first-order valence-electron chi connectivity index (χ1n) is 7.29. The number of thiophene rings is 1. The number of Topliss-reactive ketones (excluding diaryl/α,β-unsaturated/α-hetero) is 1. The van der Waals surface area contributed by atoms with Gasteiger partial charge in [-0.15, -0.1) is 11.3 Å². The molecule has 1 aromatic carbocycles. The van der Waals surface area contributed by atoms with Crippen molar-refractivity contribution < 1.29 is 9.59 Å². The Bertz CT molecular complexity index is 710. The van der Waals surface area contributed by atoms with Gasteiger partial charge in [-0.2, -0.15) is 0 Å². The second-order valence-electron chi connectivity index (χ2n) is 5.38. The fourth-order valence-corrected chi connectivity index (χ4v) is 3.80. The van der Waals surface area contributed by atoms with Crippen LogP contribution in [0.15, 0.2) is 36.4 Å². The molecular formula is C17H16ClNO2S. The summed E-state index contributed by atoms with van der Waals surface area (Å²) in [5.74, 6) is -0.100. The minimum Gasteiger partial charge on any atom is -0.349 e. The highest BCUT2D eigenvalue weighted by Crippen LogP contribution is 2.30. The Balaban J connectivity index is 1.52. The highest BCUT2D eigenvalue weighted by atomic mass is 35.5. The molecule has 0 bridgehead atoms. The first-order chi connectivity index (χ1) is 10.6. The van der Waals surface area contributed by atoms with Crippen molar-refractivity contribution in [2.75, 3.05) is 0 Å². The fourth-order valence-electron chi connectivity index (χ4n) is 2.79.